The summed E-state index contributed by atoms with van der Waals surface area (Å²) in [6.07, 6.45) is 0. The van der Waals surface area contributed by atoms with Gasteiger partial charge in [-0.3, -0.25) is 4.79 Å². The highest BCUT2D eigenvalue weighted by Gasteiger charge is 2.31. The Bertz CT molecular complexity index is 567. The molecule has 0 fully saturated rings. The van der Waals surface area contributed by atoms with Crippen molar-refractivity contribution in [1.82, 2.24) is 0 Å². The molecule has 20 heavy (non-hydrogen) atoms. The zero-order chi connectivity index (χ0) is 15.8. The topological polar surface area (TPSA) is 141 Å². The molecular weight excluding hydrogens is 309 g/mol. The molecule has 1 rings (SSSR count). The fourth-order valence-corrected chi connectivity index (χ4v) is 2.24. The number of carbonyl (C=O) groups excluding carboxylic acids is 1. The molecule has 0 saturated carbocycles. The van der Waals surface area contributed by atoms with Crippen molar-refractivity contribution in [3.63, 3.8) is 0 Å². The molecule has 10 heteroatoms. The summed E-state index contributed by atoms with van der Waals surface area (Å²) in [5.74, 6) is -0.923. The van der Waals surface area contributed by atoms with E-state index in [0.717, 1.165) is 0 Å². The number of benzene rings is 1. The van der Waals surface area contributed by atoms with E-state index in [9.17, 15) is 17.8 Å². The fourth-order valence-electron chi connectivity index (χ4n) is 0.890. The van der Waals surface area contributed by atoms with Crippen LogP contribution in [0.4, 0.5) is 5.69 Å². The van der Waals surface area contributed by atoms with Gasteiger partial charge in [0.15, 0.2) is 0 Å². The molecule has 114 valence electrons. The average Bonchev–Trinajstić information content (AvgIpc) is 2.39. The highest BCUT2D eigenvalue weighted by Crippen LogP contribution is 2.42. The minimum absolute atomic E-state index is 0.392. The van der Waals surface area contributed by atoms with E-state index in [-0.39, 0.29) is 0 Å². The maximum absolute atomic E-state index is 10.6. The minimum atomic E-state index is -4.90. The molecule has 0 atom stereocenters. The van der Waals surface area contributed by atoms with E-state index in [0.29, 0.717) is 5.69 Å². The number of aliphatic hydroxyl groups is 1. The number of para-hydroxylation sites is 1. The van der Waals surface area contributed by atoms with Crippen LogP contribution in [-0.2, 0) is 18.8 Å². The molecule has 0 heterocycles. The van der Waals surface area contributed by atoms with E-state index in [1.54, 1.807) is 12.1 Å². The van der Waals surface area contributed by atoms with Gasteiger partial charge < -0.3 is 20.2 Å². The molecule has 1 aromatic rings. The number of aliphatic hydroxyl groups excluding tert-OH is 1. The van der Waals surface area contributed by atoms with Gasteiger partial charge in [0.05, 0.1) is 5.75 Å². The molecule has 0 spiro atoms. The molecule has 0 saturated heterocycles. The molecule has 8 nitrogen and oxygen atoms in total. The zero-order valence-corrected chi connectivity index (χ0v) is 12.3. The van der Waals surface area contributed by atoms with Crippen molar-refractivity contribution >= 4 is 27.8 Å². The van der Waals surface area contributed by atoms with Crippen molar-refractivity contribution in [2.24, 2.45) is 0 Å². The summed E-state index contributed by atoms with van der Waals surface area (Å²) in [6, 6.07) is 9.00. The molecule has 0 aromatic heterocycles. The van der Waals surface area contributed by atoms with E-state index < -0.39 is 34.5 Å². The molecule has 1 aromatic carbocycles. The first-order chi connectivity index (χ1) is 9.14. The predicted molar refractivity (Wildman–Crippen MR) is 73.7 cm³/mol. The summed E-state index contributed by atoms with van der Waals surface area (Å²) in [6.45, 7) is -4.20. The lowest BCUT2D eigenvalue weighted by molar-refractivity contribution is -0.118. The second-order valence-corrected chi connectivity index (χ2v) is 9.25. The SMILES string of the molecule is CCS(=O)(=O)P(=O)(O)O.O=C(CO)Nc1ccccc1. The Kier molecular flexibility index (Phi) is 7.62. The smallest absolute Gasteiger partial charge is 0.387 e. The third-order valence-corrected chi connectivity index (χ3v) is 6.33. The first-order valence-corrected chi connectivity index (χ1v) is 9.25. The number of amides is 1. The van der Waals surface area contributed by atoms with Crippen LogP contribution < -0.4 is 5.32 Å². The largest absolute Gasteiger partial charge is 0.439 e. The van der Waals surface area contributed by atoms with Crippen LogP contribution in [0, 0.1) is 0 Å². The Morgan fingerprint density at radius 3 is 2.05 bits per heavy atom. The van der Waals surface area contributed by atoms with Crippen LogP contribution >= 0.6 is 6.80 Å². The molecule has 4 N–H and O–H groups in total. The first kappa shape index (κ1) is 18.8. The van der Waals surface area contributed by atoms with Crippen molar-refractivity contribution in [2.45, 2.75) is 6.92 Å². The van der Waals surface area contributed by atoms with Crippen molar-refractivity contribution in [3.05, 3.63) is 30.3 Å². The number of hydrogen-bond donors (Lipinski definition) is 4. The van der Waals surface area contributed by atoms with Crippen LogP contribution in [0.15, 0.2) is 30.3 Å². The lowest BCUT2D eigenvalue weighted by Crippen LogP contribution is -2.15. The average molecular weight is 325 g/mol. The molecule has 0 unspecified atom stereocenters. The lowest BCUT2D eigenvalue weighted by Gasteiger charge is -2.00. The number of rotatable bonds is 4. The van der Waals surface area contributed by atoms with Gasteiger partial charge >= 0.3 is 6.80 Å². The quantitative estimate of drug-likeness (QED) is 0.577. The molecular formula is C10H16NO7PS. The standard InChI is InChI=1S/C8H9NO2.C2H7O5PS/c10-6-8(11)9-7-4-2-1-3-5-7;1-2-9(6,7)8(3,4)5/h1-5,10H,6H2,(H,9,11);2H2,1H3,(H2,3,4,5). The molecule has 0 aliphatic heterocycles. The molecule has 0 aliphatic carbocycles. The second-order valence-electron chi connectivity index (χ2n) is 3.43. The Labute approximate surface area is 116 Å². The molecule has 0 aliphatic rings. The molecule has 0 bridgehead atoms. The fraction of sp³-hybridized carbons (Fsp3) is 0.300. The summed E-state index contributed by atoms with van der Waals surface area (Å²) in [4.78, 5) is 26.8. The lowest BCUT2D eigenvalue weighted by atomic mass is 10.3. The van der Waals surface area contributed by atoms with Gasteiger partial charge in [0.1, 0.15) is 6.61 Å². The van der Waals surface area contributed by atoms with Crippen LogP contribution in [0.5, 0.6) is 0 Å². The van der Waals surface area contributed by atoms with Gasteiger partial charge in [0, 0.05) is 5.69 Å². The van der Waals surface area contributed by atoms with Crippen molar-refractivity contribution in [3.8, 4) is 0 Å². The van der Waals surface area contributed by atoms with Gasteiger partial charge in [0.2, 0.25) is 5.91 Å². The normalized spacial score (nSPS) is 11.2. The van der Waals surface area contributed by atoms with Gasteiger partial charge in [-0.05, 0) is 12.1 Å². The van der Waals surface area contributed by atoms with Crippen LogP contribution in [0.3, 0.4) is 0 Å². The van der Waals surface area contributed by atoms with Crippen LogP contribution in [-0.4, -0.2) is 41.6 Å². The van der Waals surface area contributed by atoms with Crippen LogP contribution in [0.2, 0.25) is 0 Å². The first-order valence-electron chi connectivity index (χ1n) is 5.38. The van der Waals surface area contributed by atoms with E-state index in [1.807, 2.05) is 18.2 Å². The van der Waals surface area contributed by atoms with E-state index in [4.69, 9.17) is 14.9 Å². The number of nitrogens with one attached hydrogen (secondary N) is 1. The Hall–Kier alpha value is -1.25. The van der Waals surface area contributed by atoms with E-state index in [1.165, 1.54) is 6.92 Å². The van der Waals surface area contributed by atoms with Gasteiger partial charge in [-0.25, -0.2) is 13.0 Å². The van der Waals surface area contributed by atoms with Crippen molar-refractivity contribution in [2.75, 3.05) is 17.7 Å². The minimum Gasteiger partial charge on any atom is -0.387 e. The van der Waals surface area contributed by atoms with Crippen LogP contribution in [0.1, 0.15) is 6.92 Å². The zero-order valence-electron chi connectivity index (χ0n) is 10.6. The Balaban J connectivity index is 0.000000370. The summed E-state index contributed by atoms with van der Waals surface area (Å²) in [5, 5.41) is 10.9. The van der Waals surface area contributed by atoms with Gasteiger partial charge in [-0.1, -0.05) is 25.1 Å². The van der Waals surface area contributed by atoms with Crippen molar-refractivity contribution in [1.29, 1.82) is 0 Å². The third kappa shape index (κ3) is 6.78. The van der Waals surface area contributed by atoms with E-state index >= 15 is 0 Å². The third-order valence-electron chi connectivity index (χ3n) is 1.93. The maximum atomic E-state index is 10.6. The highest BCUT2D eigenvalue weighted by atomic mass is 32.8. The second kappa shape index (κ2) is 8.13. The molecule has 1 amide bonds. The maximum Gasteiger partial charge on any atom is 0.439 e. The number of hydrogen-bond acceptors (Lipinski definition) is 5. The summed E-state index contributed by atoms with van der Waals surface area (Å²) >= 11 is 0. The highest BCUT2D eigenvalue weighted by molar-refractivity contribution is 8.48. The van der Waals surface area contributed by atoms with Crippen LogP contribution in [0.25, 0.3) is 0 Å². The number of anilines is 1. The Morgan fingerprint density at radius 1 is 1.25 bits per heavy atom. The van der Waals surface area contributed by atoms with Crippen molar-refractivity contribution < 1.29 is 32.7 Å². The van der Waals surface area contributed by atoms with E-state index in [2.05, 4.69) is 5.32 Å². The Morgan fingerprint density at radius 2 is 1.75 bits per heavy atom. The summed E-state index contributed by atoms with van der Waals surface area (Å²) < 4.78 is 30.5. The summed E-state index contributed by atoms with van der Waals surface area (Å²) in [5.41, 5.74) is 0.701. The predicted octanol–water partition coefficient (Wildman–Crippen LogP) is 0.131. The van der Waals surface area contributed by atoms with Gasteiger partial charge in [-0.15, -0.1) is 0 Å². The monoisotopic (exact) mass is 325 g/mol. The van der Waals surface area contributed by atoms with Gasteiger partial charge in [-0.2, -0.15) is 0 Å². The molecule has 0 radical (unpaired) electrons. The number of carbonyl (C=O) groups is 1. The van der Waals surface area contributed by atoms with Gasteiger partial charge in [0.25, 0.3) is 9.46 Å². The summed E-state index contributed by atoms with van der Waals surface area (Å²) in [7, 11) is -4.17.